The second-order valence-corrected chi connectivity index (χ2v) is 4.64. The van der Waals surface area contributed by atoms with Gasteiger partial charge in [0.1, 0.15) is 0 Å². The molecular formula is C10H16ClN3. The lowest BCUT2D eigenvalue weighted by molar-refractivity contribution is 0.322. The summed E-state index contributed by atoms with van der Waals surface area (Å²) in [4.78, 5) is 2.38. The first kappa shape index (κ1) is 9.99. The van der Waals surface area contributed by atoms with E-state index in [2.05, 4.69) is 16.1 Å². The lowest BCUT2D eigenvalue weighted by Crippen LogP contribution is -2.21. The molecule has 0 aliphatic carbocycles. The van der Waals surface area contributed by atoms with Crippen LogP contribution in [0.15, 0.2) is 6.07 Å². The Morgan fingerprint density at radius 1 is 1.64 bits per heavy atom. The second kappa shape index (κ2) is 3.91. The van der Waals surface area contributed by atoms with Crippen LogP contribution in [0.5, 0.6) is 0 Å². The van der Waals surface area contributed by atoms with Crippen LogP contribution in [0.1, 0.15) is 17.8 Å². The fourth-order valence-corrected chi connectivity index (χ4v) is 2.26. The van der Waals surface area contributed by atoms with Crippen LogP contribution in [0.2, 0.25) is 0 Å². The molecule has 2 rings (SSSR count). The highest BCUT2D eigenvalue weighted by atomic mass is 35.5. The highest BCUT2D eigenvalue weighted by Crippen LogP contribution is 2.17. The summed E-state index contributed by atoms with van der Waals surface area (Å²) in [6.45, 7) is 5.11. The van der Waals surface area contributed by atoms with Gasteiger partial charge in [0.25, 0.3) is 0 Å². The first-order valence-electron chi connectivity index (χ1n) is 5.01. The SMILES string of the molecule is Cc1cc(CN2CCC(Cl)C2)n(C)n1. The summed E-state index contributed by atoms with van der Waals surface area (Å²) in [7, 11) is 2.00. The number of alkyl halides is 1. The summed E-state index contributed by atoms with van der Waals surface area (Å²) in [5.74, 6) is 0. The summed E-state index contributed by atoms with van der Waals surface area (Å²) in [5, 5.41) is 4.67. The molecule has 14 heavy (non-hydrogen) atoms. The van der Waals surface area contributed by atoms with Crippen molar-refractivity contribution in [2.45, 2.75) is 25.3 Å². The number of rotatable bonds is 2. The van der Waals surface area contributed by atoms with Gasteiger partial charge in [0.2, 0.25) is 0 Å². The van der Waals surface area contributed by atoms with Crippen molar-refractivity contribution in [3.63, 3.8) is 0 Å². The van der Waals surface area contributed by atoms with Crippen molar-refractivity contribution < 1.29 is 0 Å². The van der Waals surface area contributed by atoms with Gasteiger partial charge in [0.05, 0.1) is 11.4 Å². The maximum absolute atomic E-state index is 6.05. The van der Waals surface area contributed by atoms with Gasteiger partial charge in [0, 0.05) is 32.1 Å². The van der Waals surface area contributed by atoms with Crippen LogP contribution in [0.25, 0.3) is 0 Å². The monoisotopic (exact) mass is 213 g/mol. The minimum absolute atomic E-state index is 0.337. The average Bonchev–Trinajstić information content (AvgIpc) is 2.61. The lowest BCUT2D eigenvalue weighted by atomic mass is 10.3. The molecule has 1 aliphatic rings. The van der Waals surface area contributed by atoms with E-state index in [1.54, 1.807) is 0 Å². The fourth-order valence-electron chi connectivity index (χ4n) is 1.97. The number of hydrogen-bond donors (Lipinski definition) is 0. The Balaban J connectivity index is 2.00. The van der Waals surface area contributed by atoms with Gasteiger partial charge in [-0.3, -0.25) is 9.58 Å². The van der Waals surface area contributed by atoms with E-state index in [0.717, 1.165) is 31.7 Å². The van der Waals surface area contributed by atoms with Crippen LogP contribution in [0, 0.1) is 6.92 Å². The quantitative estimate of drug-likeness (QED) is 0.695. The molecule has 0 amide bonds. The van der Waals surface area contributed by atoms with E-state index in [4.69, 9.17) is 11.6 Å². The van der Waals surface area contributed by atoms with Gasteiger partial charge in [-0.2, -0.15) is 5.10 Å². The van der Waals surface area contributed by atoms with Gasteiger partial charge >= 0.3 is 0 Å². The predicted octanol–water partition coefficient (Wildman–Crippen LogP) is 1.54. The lowest BCUT2D eigenvalue weighted by Gasteiger charge is -2.14. The topological polar surface area (TPSA) is 21.1 Å². The maximum atomic E-state index is 6.05. The van der Waals surface area contributed by atoms with E-state index >= 15 is 0 Å². The second-order valence-electron chi connectivity index (χ2n) is 4.02. The van der Waals surface area contributed by atoms with E-state index in [1.165, 1.54) is 5.69 Å². The van der Waals surface area contributed by atoms with Crippen LogP contribution < -0.4 is 0 Å². The molecule has 1 aromatic heterocycles. The Morgan fingerprint density at radius 2 is 2.43 bits per heavy atom. The average molecular weight is 214 g/mol. The molecule has 1 fully saturated rings. The van der Waals surface area contributed by atoms with E-state index in [0.29, 0.717) is 5.38 Å². The molecule has 1 unspecified atom stereocenters. The molecule has 1 saturated heterocycles. The summed E-state index contributed by atoms with van der Waals surface area (Å²) in [6, 6.07) is 2.14. The van der Waals surface area contributed by atoms with Crippen LogP contribution >= 0.6 is 11.6 Å². The standard InChI is InChI=1S/C10H16ClN3/c1-8-5-10(13(2)12-8)7-14-4-3-9(11)6-14/h5,9H,3-4,6-7H2,1-2H3. The van der Waals surface area contributed by atoms with Crippen molar-refractivity contribution >= 4 is 11.6 Å². The zero-order valence-corrected chi connectivity index (χ0v) is 9.46. The molecule has 0 N–H and O–H groups in total. The molecule has 2 heterocycles. The molecule has 0 aromatic carbocycles. The number of aryl methyl sites for hydroxylation is 2. The van der Waals surface area contributed by atoms with Gasteiger partial charge in [-0.1, -0.05) is 0 Å². The Labute approximate surface area is 89.7 Å². The van der Waals surface area contributed by atoms with Gasteiger partial charge in [-0.15, -0.1) is 11.6 Å². The third kappa shape index (κ3) is 2.10. The van der Waals surface area contributed by atoms with Crippen molar-refractivity contribution in [1.82, 2.24) is 14.7 Å². The minimum atomic E-state index is 0.337. The van der Waals surface area contributed by atoms with Gasteiger partial charge in [-0.25, -0.2) is 0 Å². The highest BCUT2D eigenvalue weighted by Gasteiger charge is 2.21. The Bertz CT molecular complexity index is 321. The largest absolute Gasteiger partial charge is 0.296 e. The zero-order chi connectivity index (χ0) is 10.1. The van der Waals surface area contributed by atoms with Gasteiger partial charge < -0.3 is 0 Å². The Morgan fingerprint density at radius 3 is 2.93 bits per heavy atom. The van der Waals surface area contributed by atoms with Crippen LogP contribution in [-0.2, 0) is 13.6 Å². The van der Waals surface area contributed by atoms with Crippen molar-refractivity contribution in [1.29, 1.82) is 0 Å². The molecule has 1 atom stereocenters. The molecule has 1 aliphatic heterocycles. The summed E-state index contributed by atoms with van der Waals surface area (Å²) < 4.78 is 1.96. The number of likely N-dealkylation sites (tertiary alicyclic amines) is 1. The molecule has 0 saturated carbocycles. The molecular weight excluding hydrogens is 198 g/mol. The third-order valence-electron chi connectivity index (χ3n) is 2.70. The molecule has 3 nitrogen and oxygen atoms in total. The third-order valence-corrected chi connectivity index (χ3v) is 3.06. The van der Waals surface area contributed by atoms with Gasteiger partial charge in [0.15, 0.2) is 0 Å². The first-order chi connectivity index (χ1) is 6.65. The van der Waals surface area contributed by atoms with Crippen molar-refractivity contribution in [3.8, 4) is 0 Å². The van der Waals surface area contributed by atoms with Crippen molar-refractivity contribution in [2.75, 3.05) is 13.1 Å². The molecule has 0 spiro atoms. The number of nitrogens with zero attached hydrogens (tertiary/aromatic N) is 3. The van der Waals surface area contributed by atoms with Crippen molar-refractivity contribution in [3.05, 3.63) is 17.5 Å². The fraction of sp³-hybridized carbons (Fsp3) is 0.700. The summed E-state index contributed by atoms with van der Waals surface area (Å²) in [5.41, 5.74) is 2.36. The summed E-state index contributed by atoms with van der Waals surface area (Å²) >= 11 is 6.05. The number of halogens is 1. The predicted molar refractivity (Wildman–Crippen MR) is 57.5 cm³/mol. The molecule has 1 aromatic rings. The zero-order valence-electron chi connectivity index (χ0n) is 8.70. The van der Waals surface area contributed by atoms with Crippen LogP contribution in [-0.4, -0.2) is 33.1 Å². The van der Waals surface area contributed by atoms with E-state index in [-0.39, 0.29) is 0 Å². The van der Waals surface area contributed by atoms with Gasteiger partial charge in [-0.05, 0) is 19.4 Å². The Hall–Kier alpha value is -0.540. The maximum Gasteiger partial charge on any atom is 0.0597 e. The summed E-state index contributed by atoms with van der Waals surface area (Å²) in [6.07, 6.45) is 1.11. The highest BCUT2D eigenvalue weighted by molar-refractivity contribution is 6.20. The Kier molecular flexibility index (Phi) is 2.79. The van der Waals surface area contributed by atoms with E-state index < -0.39 is 0 Å². The van der Waals surface area contributed by atoms with E-state index in [9.17, 15) is 0 Å². The molecule has 0 bridgehead atoms. The molecule has 0 radical (unpaired) electrons. The minimum Gasteiger partial charge on any atom is -0.296 e. The number of hydrogen-bond acceptors (Lipinski definition) is 2. The first-order valence-corrected chi connectivity index (χ1v) is 5.45. The normalized spacial score (nSPS) is 23.2. The number of aromatic nitrogens is 2. The van der Waals surface area contributed by atoms with E-state index in [1.807, 2.05) is 18.7 Å². The van der Waals surface area contributed by atoms with Crippen LogP contribution in [0.3, 0.4) is 0 Å². The smallest absolute Gasteiger partial charge is 0.0597 e. The van der Waals surface area contributed by atoms with Crippen LogP contribution in [0.4, 0.5) is 0 Å². The molecule has 4 heteroatoms. The van der Waals surface area contributed by atoms with Crippen molar-refractivity contribution in [2.24, 2.45) is 7.05 Å². The molecule has 78 valence electrons.